The lowest BCUT2D eigenvalue weighted by Gasteiger charge is -2.14. The van der Waals surface area contributed by atoms with Crippen LogP contribution < -0.4 is 5.32 Å². The standard InChI is InChI=1S/C19H17ClFN3O/c1-12(14-6-4-3-5-7-14)22-19(25)17-13(2)23-24(18(17)20)16-10-8-15(21)9-11-16/h3-12H,1-2H3,(H,22,25). The maximum Gasteiger partial charge on any atom is 0.256 e. The predicted octanol–water partition coefficient (Wildman–Crippen LogP) is 4.46. The molecule has 1 atom stereocenters. The second-order valence-electron chi connectivity index (χ2n) is 5.75. The first-order valence-electron chi connectivity index (χ1n) is 7.84. The summed E-state index contributed by atoms with van der Waals surface area (Å²) >= 11 is 6.37. The fraction of sp³-hybridized carbons (Fsp3) is 0.158. The zero-order chi connectivity index (χ0) is 18.0. The second-order valence-corrected chi connectivity index (χ2v) is 6.10. The number of benzene rings is 2. The van der Waals surface area contributed by atoms with Gasteiger partial charge in [-0.1, -0.05) is 41.9 Å². The highest BCUT2D eigenvalue weighted by atomic mass is 35.5. The number of aryl methyl sites for hydroxylation is 1. The van der Waals surface area contributed by atoms with Crippen LogP contribution >= 0.6 is 11.6 Å². The van der Waals surface area contributed by atoms with Gasteiger partial charge in [-0.2, -0.15) is 5.10 Å². The lowest BCUT2D eigenvalue weighted by Crippen LogP contribution is -2.27. The molecule has 3 rings (SSSR count). The molecule has 1 amide bonds. The number of hydrogen-bond acceptors (Lipinski definition) is 2. The number of hydrogen-bond donors (Lipinski definition) is 1. The number of nitrogens with zero attached hydrogens (tertiary/aromatic N) is 2. The van der Waals surface area contributed by atoms with E-state index in [-0.39, 0.29) is 22.9 Å². The maximum absolute atomic E-state index is 13.1. The van der Waals surface area contributed by atoms with Gasteiger partial charge in [0.2, 0.25) is 0 Å². The van der Waals surface area contributed by atoms with Crippen molar-refractivity contribution in [2.24, 2.45) is 0 Å². The summed E-state index contributed by atoms with van der Waals surface area (Å²) in [6.45, 7) is 3.62. The first kappa shape index (κ1) is 17.2. The summed E-state index contributed by atoms with van der Waals surface area (Å²) in [6.07, 6.45) is 0. The van der Waals surface area contributed by atoms with E-state index >= 15 is 0 Å². The number of aromatic nitrogens is 2. The van der Waals surface area contributed by atoms with E-state index in [0.29, 0.717) is 16.9 Å². The number of carbonyl (C=O) groups excluding carboxylic acids is 1. The maximum atomic E-state index is 13.1. The molecule has 0 aliphatic rings. The van der Waals surface area contributed by atoms with Crippen molar-refractivity contribution in [3.63, 3.8) is 0 Å². The van der Waals surface area contributed by atoms with Crippen LogP contribution in [0.4, 0.5) is 4.39 Å². The first-order valence-corrected chi connectivity index (χ1v) is 8.22. The molecular weight excluding hydrogens is 341 g/mol. The molecule has 0 fully saturated rings. The summed E-state index contributed by atoms with van der Waals surface area (Å²) in [4.78, 5) is 12.7. The molecule has 128 valence electrons. The molecule has 0 radical (unpaired) electrons. The molecule has 0 aliphatic carbocycles. The van der Waals surface area contributed by atoms with E-state index in [1.54, 1.807) is 19.1 Å². The zero-order valence-corrected chi connectivity index (χ0v) is 14.6. The summed E-state index contributed by atoms with van der Waals surface area (Å²) in [6, 6.07) is 15.2. The highest BCUT2D eigenvalue weighted by Gasteiger charge is 2.22. The Labute approximate surface area is 150 Å². The Morgan fingerprint density at radius 1 is 1.16 bits per heavy atom. The van der Waals surface area contributed by atoms with Gasteiger partial charge in [0, 0.05) is 0 Å². The molecule has 1 N–H and O–H groups in total. The quantitative estimate of drug-likeness (QED) is 0.749. The molecule has 25 heavy (non-hydrogen) atoms. The Kier molecular flexibility index (Phi) is 4.86. The fourth-order valence-corrected chi connectivity index (χ4v) is 2.96. The molecule has 0 saturated heterocycles. The van der Waals surface area contributed by atoms with Gasteiger partial charge in [0.05, 0.1) is 23.0 Å². The van der Waals surface area contributed by atoms with Crippen molar-refractivity contribution in [3.8, 4) is 5.69 Å². The molecule has 0 spiro atoms. The van der Waals surface area contributed by atoms with Gasteiger partial charge < -0.3 is 5.32 Å². The van der Waals surface area contributed by atoms with Crippen molar-refractivity contribution in [3.05, 3.63) is 82.4 Å². The van der Waals surface area contributed by atoms with Crippen LogP contribution in [0.25, 0.3) is 5.69 Å². The van der Waals surface area contributed by atoms with Crippen LogP contribution in [0.15, 0.2) is 54.6 Å². The van der Waals surface area contributed by atoms with Crippen LogP contribution in [0.2, 0.25) is 5.15 Å². The minimum Gasteiger partial charge on any atom is -0.345 e. The topological polar surface area (TPSA) is 46.9 Å². The van der Waals surface area contributed by atoms with Crippen molar-refractivity contribution in [2.45, 2.75) is 19.9 Å². The minimum atomic E-state index is -0.349. The smallest absolute Gasteiger partial charge is 0.256 e. The summed E-state index contributed by atoms with van der Waals surface area (Å²) in [7, 11) is 0. The van der Waals surface area contributed by atoms with Crippen molar-refractivity contribution < 1.29 is 9.18 Å². The molecule has 3 aromatic rings. The van der Waals surface area contributed by atoms with Crippen molar-refractivity contribution >= 4 is 17.5 Å². The molecule has 0 saturated carbocycles. The molecule has 0 bridgehead atoms. The van der Waals surface area contributed by atoms with E-state index in [9.17, 15) is 9.18 Å². The van der Waals surface area contributed by atoms with Crippen LogP contribution in [-0.4, -0.2) is 15.7 Å². The normalized spacial score (nSPS) is 12.0. The Bertz CT molecular complexity index is 891. The highest BCUT2D eigenvalue weighted by molar-refractivity contribution is 6.33. The number of halogens is 2. The summed E-state index contributed by atoms with van der Waals surface area (Å²) in [5.41, 5.74) is 2.40. The van der Waals surface area contributed by atoms with Crippen molar-refractivity contribution in [1.82, 2.24) is 15.1 Å². The fourth-order valence-electron chi connectivity index (χ4n) is 2.60. The van der Waals surface area contributed by atoms with E-state index in [2.05, 4.69) is 10.4 Å². The van der Waals surface area contributed by atoms with Gasteiger partial charge in [-0.05, 0) is 43.7 Å². The number of nitrogens with one attached hydrogen (secondary N) is 1. The minimum absolute atomic E-state index is 0.168. The third-order valence-electron chi connectivity index (χ3n) is 3.95. The van der Waals surface area contributed by atoms with Gasteiger partial charge in [0.15, 0.2) is 0 Å². The Hall–Kier alpha value is -2.66. The van der Waals surface area contributed by atoms with Gasteiger partial charge >= 0.3 is 0 Å². The van der Waals surface area contributed by atoms with E-state index in [4.69, 9.17) is 11.6 Å². The molecule has 6 heteroatoms. The third kappa shape index (κ3) is 3.56. The molecule has 1 aromatic heterocycles. The largest absolute Gasteiger partial charge is 0.345 e. The van der Waals surface area contributed by atoms with Crippen molar-refractivity contribution in [1.29, 1.82) is 0 Å². The monoisotopic (exact) mass is 357 g/mol. The van der Waals surface area contributed by atoms with Gasteiger partial charge in [-0.25, -0.2) is 9.07 Å². The highest BCUT2D eigenvalue weighted by Crippen LogP contribution is 2.24. The lowest BCUT2D eigenvalue weighted by molar-refractivity contribution is 0.0939. The van der Waals surface area contributed by atoms with Gasteiger partial charge in [-0.3, -0.25) is 4.79 Å². The van der Waals surface area contributed by atoms with Crippen molar-refractivity contribution in [2.75, 3.05) is 0 Å². The van der Waals surface area contributed by atoms with Gasteiger partial charge in [0.1, 0.15) is 11.0 Å². The van der Waals surface area contributed by atoms with Gasteiger partial charge in [0.25, 0.3) is 5.91 Å². The summed E-state index contributed by atoms with van der Waals surface area (Å²) in [5.74, 6) is -0.648. The summed E-state index contributed by atoms with van der Waals surface area (Å²) < 4.78 is 14.5. The SMILES string of the molecule is Cc1nn(-c2ccc(F)cc2)c(Cl)c1C(=O)NC(C)c1ccccc1. The van der Waals surface area contributed by atoms with E-state index in [1.807, 2.05) is 37.3 Å². The van der Waals surface area contributed by atoms with Crippen LogP contribution in [0.5, 0.6) is 0 Å². The summed E-state index contributed by atoms with van der Waals surface area (Å²) in [5, 5.41) is 7.44. The Balaban J connectivity index is 1.87. The van der Waals surface area contributed by atoms with E-state index < -0.39 is 0 Å². The molecule has 1 unspecified atom stereocenters. The van der Waals surface area contributed by atoms with Crippen LogP contribution in [-0.2, 0) is 0 Å². The molecule has 0 aliphatic heterocycles. The van der Waals surface area contributed by atoms with Crippen LogP contribution in [0.1, 0.15) is 34.6 Å². The van der Waals surface area contributed by atoms with Gasteiger partial charge in [-0.15, -0.1) is 0 Å². The van der Waals surface area contributed by atoms with Crippen LogP contribution in [0, 0.1) is 12.7 Å². The average molecular weight is 358 g/mol. The number of rotatable bonds is 4. The van der Waals surface area contributed by atoms with Crippen LogP contribution in [0.3, 0.4) is 0 Å². The van der Waals surface area contributed by atoms with E-state index in [1.165, 1.54) is 16.8 Å². The lowest BCUT2D eigenvalue weighted by atomic mass is 10.1. The third-order valence-corrected chi connectivity index (χ3v) is 4.30. The first-order chi connectivity index (χ1) is 12.0. The Morgan fingerprint density at radius 2 is 1.80 bits per heavy atom. The zero-order valence-electron chi connectivity index (χ0n) is 13.8. The van der Waals surface area contributed by atoms with E-state index in [0.717, 1.165) is 5.56 Å². The average Bonchev–Trinajstić information content (AvgIpc) is 2.91. The number of carbonyl (C=O) groups is 1. The number of amides is 1. The molecule has 2 aromatic carbocycles. The Morgan fingerprint density at radius 3 is 2.44 bits per heavy atom. The molecular formula is C19H17ClFN3O. The molecule has 1 heterocycles. The second kappa shape index (κ2) is 7.07. The predicted molar refractivity (Wildman–Crippen MR) is 95.6 cm³/mol. The molecule has 4 nitrogen and oxygen atoms in total.